The molecule has 0 amide bonds. The van der Waals surface area contributed by atoms with Gasteiger partial charge in [-0.3, -0.25) is 0 Å². The highest BCUT2D eigenvalue weighted by Gasteiger charge is 2.52. The molecule has 5 aromatic rings. The van der Waals surface area contributed by atoms with Crippen molar-refractivity contribution in [3.05, 3.63) is 145 Å². The molecule has 0 aromatic heterocycles. The topological polar surface area (TPSA) is 27.6 Å². The van der Waals surface area contributed by atoms with E-state index in [9.17, 15) is 52.7 Å². The molecule has 0 radical (unpaired) electrons. The van der Waals surface area contributed by atoms with Crippen molar-refractivity contribution < 1.29 is 93.5 Å². The van der Waals surface area contributed by atoms with Gasteiger partial charge in [0.05, 0.1) is 0 Å². The van der Waals surface area contributed by atoms with E-state index in [0.29, 0.717) is 15.7 Å². The lowest BCUT2D eigenvalue weighted by atomic mass is 9.12. The normalized spacial score (nSPS) is 11.6. The monoisotopic (exact) mass is 841 g/mol. The SMILES string of the molecule is Fc1c(F)c(F)c([B-](c2c(F)c(F)c(F)c(F)c2F)(c2c(F)c(F)c(F)c(F)c2F)c2c(F)c(F)c(F)c(F)c2F)c(F)c1F.[NH3+]c1c(Cl)cccc1Cl. The van der Waals surface area contributed by atoms with Gasteiger partial charge >= 0.3 is 0 Å². The van der Waals surface area contributed by atoms with Gasteiger partial charge in [0.25, 0.3) is 0 Å². The third-order valence-electron chi connectivity index (χ3n) is 7.77. The van der Waals surface area contributed by atoms with Crippen LogP contribution < -0.4 is 27.6 Å². The Hall–Kier alpha value is -4.70. The lowest BCUT2D eigenvalue weighted by Crippen LogP contribution is -2.81. The minimum atomic E-state index is -7.22. The van der Waals surface area contributed by atoms with E-state index in [1.165, 1.54) is 0 Å². The fourth-order valence-electron chi connectivity index (χ4n) is 5.41. The first-order valence-corrected chi connectivity index (χ1v) is 14.2. The predicted octanol–water partition coefficient (Wildman–Crippen LogP) is 7.71. The molecule has 0 saturated carbocycles. The van der Waals surface area contributed by atoms with Crippen LogP contribution in [0.15, 0.2) is 18.2 Å². The molecule has 3 N–H and O–H groups in total. The molecule has 54 heavy (non-hydrogen) atoms. The van der Waals surface area contributed by atoms with Gasteiger partial charge in [-0.05, 0) is 12.1 Å². The zero-order valence-electron chi connectivity index (χ0n) is 24.8. The van der Waals surface area contributed by atoms with Crippen LogP contribution >= 0.6 is 23.2 Å². The van der Waals surface area contributed by atoms with Crippen LogP contribution in [0.2, 0.25) is 10.0 Å². The number of benzene rings is 5. The van der Waals surface area contributed by atoms with E-state index < -0.39 is 144 Å². The van der Waals surface area contributed by atoms with Crippen LogP contribution in [0.25, 0.3) is 0 Å². The molecule has 0 fully saturated rings. The summed E-state index contributed by atoms with van der Waals surface area (Å²) in [6.07, 6.45) is -7.22. The van der Waals surface area contributed by atoms with E-state index in [1.54, 1.807) is 18.2 Å². The summed E-state index contributed by atoms with van der Waals surface area (Å²) in [4.78, 5) is 0. The van der Waals surface area contributed by atoms with E-state index in [-0.39, 0.29) is 0 Å². The smallest absolute Gasteiger partial charge is 0.200 e. The van der Waals surface area contributed by atoms with Crippen molar-refractivity contribution in [2.75, 3.05) is 0 Å². The van der Waals surface area contributed by atoms with Crippen molar-refractivity contribution in [1.82, 2.24) is 0 Å². The molecule has 0 heterocycles. The van der Waals surface area contributed by atoms with Crippen LogP contribution in [-0.4, -0.2) is 6.15 Å². The Bertz CT molecular complexity index is 1990. The summed E-state index contributed by atoms with van der Waals surface area (Å²) in [5, 5.41) is 1.23. The van der Waals surface area contributed by atoms with E-state index >= 15 is 35.1 Å². The summed E-state index contributed by atoms with van der Waals surface area (Å²) in [6.45, 7) is 0. The molecular weight excluding hydrogens is 836 g/mol. The molecule has 0 aliphatic heterocycles. The lowest BCUT2D eigenvalue weighted by molar-refractivity contribution is -0.254. The Morgan fingerprint density at radius 2 is 0.444 bits per heavy atom. The highest BCUT2D eigenvalue weighted by Crippen LogP contribution is 2.31. The lowest BCUT2D eigenvalue weighted by Gasteiger charge is -2.44. The third-order valence-corrected chi connectivity index (χ3v) is 8.48. The summed E-state index contributed by atoms with van der Waals surface area (Å²) in [5.41, 5.74) is -9.98. The number of hydrogen-bond donors (Lipinski definition) is 1. The molecule has 24 heteroatoms. The highest BCUT2D eigenvalue weighted by molar-refractivity contribution is 7.20. The van der Waals surface area contributed by atoms with Crippen LogP contribution in [0.4, 0.5) is 93.5 Å². The molecule has 0 saturated heterocycles. The van der Waals surface area contributed by atoms with Gasteiger partial charge in [-0.15, -0.1) is 21.9 Å². The van der Waals surface area contributed by atoms with Crippen molar-refractivity contribution in [3.8, 4) is 0 Å². The van der Waals surface area contributed by atoms with Crippen LogP contribution in [0.5, 0.6) is 0 Å². The number of hydrogen-bond acceptors (Lipinski definition) is 0. The van der Waals surface area contributed by atoms with Gasteiger partial charge in [0, 0.05) is 0 Å². The van der Waals surface area contributed by atoms with E-state index in [4.69, 9.17) is 23.2 Å². The summed E-state index contributed by atoms with van der Waals surface area (Å²) in [7, 11) is 0. The van der Waals surface area contributed by atoms with Gasteiger partial charge in [-0.1, -0.05) is 29.3 Å². The molecule has 5 rings (SSSR count). The molecule has 0 unspecified atom stereocenters. The molecule has 0 aliphatic carbocycles. The third kappa shape index (κ3) is 6.07. The van der Waals surface area contributed by atoms with Crippen LogP contribution in [-0.2, 0) is 0 Å². The van der Waals surface area contributed by atoms with Gasteiger partial charge in [0.1, 0.15) is 62.7 Å². The summed E-state index contributed by atoms with van der Waals surface area (Å²) in [5.74, 6) is -71.4. The molecule has 5 aromatic carbocycles. The number of halogens is 22. The fraction of sp³-hybridized carbons (Fsp3) is 0. The van der Waals surface area contributed by atoms with Crippen LogP contribution in [0.1, 0.15) is 0 Å². The van der Waals surface area contributed by atoms with Crippen molar-refractivity contribution in [2.45, 2.75) is 0 Å². The summed E-state index contributed by atoms with van der Waals surface area (Å²) >= 11 is 11.3. The quantitative estimate of drug-likeness (QED) is 0.0832. The maximum absolute atomic E-state index is 15.4. The minimum Gasteiger partial charge on any atom is -0.323 e. The first kappa shape index (κ1) is 42.1. The van der Waals surface area contributed by atoms with Crippen molar-refractivity contribution >= 4 is 56.9 Å². The largest absolute Gasteiger partial charge is 0.323 e. The molecular formula is C30H6BCl2F20N. The molecule has 1 nitrogen and oxygen atoms in total. The Labute approximate surface area is 295 Å². The zero-order chi connectivity index (χ0) is 41.2. The second-order valence-electron chi connectivity index (χ2n) is 10.5. The average molecular weight is 842 g/mol. The van der Waals surface area contributed by atoms with Gasteiger partial charge in [0.15, 0.2) is 75.5 Å². The summed E-state index contributed by atoms with van der Waals surface area (Å²) < 4.78 is 294. The van der Waals surface area contributed by atoms with Crippen LogP contribution in [0.3, 0.4) is 0 Å². The zero-order valence-corrected chi connectivity index (χ0v) is 26.3. The maximum Gasteiger partial charge on any atom is 0.200 e. The molecule has 0 aliphatic rings. The Balaban J connectivity index is 0.000000631. The highest BCUT2D eigenvalue weighted by atomic mass is 35.5. The van der Waals surface area contributed by atoms with Gasteiger partial charge in [-0.2, -0.15) is 0 Å². The van der Waals surface area contributed by atoms with Crippen molar-refractivity contribution in [2.24, 2.45) is 0 Å². The van der Waals surface area contributed by atoms with Gasteiger partial charge in [0.2, 0.25) is 0 Å². The predicted molar refractivity (Wildman–Crippen MR) is 148 cm³/mol. The standard InChI is InChI=1S/C24BF20.C6H5Cl2N/c26-5-1(6(27)14(35)21(42)13(5)34)25(2-7(28)15(36)22(43)16(37)8(2)29,3-9(30)17(38)23(44)18(39)10(3)31)4-11(32)19(40)24(45)20(41)12(4)33;7-4-2-1-3-5(8)6(4)9/h;1-3H,9H2/q-1;/p+1. The van der Waals surface area contributed by atoms with Gasteiger partial charge < -0.3 is 5.73 Å². The van der Waals surface area contributed by atoms with Crippen molar-refractivity contribution in [1.29, 1.82) is 0 Å². The van der Waals surface area contributed by atoms with E-state index in [0.717, 1.165) is 0 Å². The number of quaternary nitrogens is 1. The Morgan fingerprint density at radius 3 is 0.593 bits per heavy atom. The first-order chi connectivity index (χ1) is 24.9. The molecule has 0 spiro atoms. The van der Waals surface area contributed by atoms with Crippen molar-refractivity contribution in [3.63, 3.8) is 0 Å². The second-order valence-corrected chi connectivity index (χ2v) is 11.3. The first-order valence-electron chi connectivity index (χ1n) is 13.4. The van der Waals surface area contributed by atoms with E-state index in [1.807, 2.05) is 0 Å². The van der Waals surface area contributed by atoms with Gasteiger partial charge in [-0.25, -0.2) is 87.8 Å². The Kier molecular flexibility index (Phi) is 11.6. The summed E-state index contributed by atoms with van der Waals surface area (Å²) in [6, 6.07) is 5.31. The maximum atomic E-state index is 15.4. The average Bonchev–Trinajstić information content (AvgIpc) is 3.13. The molecule has 0 bridgehead atoms. The number of rotatable bonds is 4. The Morgan fingerprint density at radius 1 is 0.296 bits per heavy atom. The van der Waals surface area contributed by atoms with Crippen LogP contribution in [0, 0.1) is 116 Å². The second kappa shape index (κ2) is 14.9. The van der Waals surface area contributed by atoms with E-state index in [2.05, 4.69) is 5.73 Å². The minimum absolute atomic E-state index is 0.613. The molecule has 288 valence electrons. The molecule has 0 atom stereocenters. The fourth-order valence-corrected chi connectivity index (χ4v) is 5.80.